The molecule has 1 rings (SSSR count). The number of H-pyrrole nitrogens is 1. The van der Waals surface area contributed by atoms with Gasteiger partial charge < -0.3 is 4.98 Å². The van der Waals surface area contributed by atoms with E-state index in [1.165, 1.54) is 17.8 Å². The van der Waals surface area contributed by atoms with Gasteiger partial charge in [-0.05, 0) is 13.2 Å². The van der Waals surface area contributed by atoms with Gasteiger partial charge in [-0.2, -0.15) is 0 Å². The maximum absolute atomic E-state index is 10.8. The summed E-state index contributed by atoms with van der Waals surface area (Å²) in [5, 5.41) is 0.671. The smallest absolute Gasteiger partial charge is 0.251 e. The Hall–Kier alpha value is -0.770. The predicted molar refractivity (Wildman–Crippen MR) is 52.7 cm³/mol. The van der Waals surface area contributed by atoms with E-state index >= 15 is 0 Å². The van der Waals surface area contributed by atoms with Crippen LogP contribution >= 0.6 is 11.8 Å². The number of hydrogen-bond donors (Lipinski definition) is 1. The molecule has 0 saturated heterocycles. The largest absolute Gasteiger partial charge is 0.301 e. The van der Waals surface area contributed by atoms with Gasteiger partial charge in [0.25, 0.3) is 5.56 Å². The van der Waals surface area contributed by atoms with Crippen LogP contribution in [0.2, 0.25) is 0 Å². The summed E-state index contributed by atoms with van der Waals surface area (Å²) in [6, 6.07) is 1.47. The van der Waals surface area contributed by atoms with Crippen LogP contribution in [0.4, 0.5) is 0 Å². The van der Waals surface area contributed by atoms with Crippen LogP contribution in [0, 0.1) is 6.92 Å². The minimum Gasteiger partial charge on any atom is -0.301 e. The molecule has 1 aromatic heterocycles. The second kappa shape index (κ2) is 5.83. The van der Waals surface area contributed by atoms with E-state index in [1.807, 2.05) is 20.1 Å². The maximum atomic E-state index is 10.8. The Morgan fingerprint density at radius 3 is 2.50 bits per heavy atom. The lowest BCUT2D eigenvalue weighted by Crippen LogP contribution is -2.07. The number of hydrogen-bond acceptors (Lipinski definition) is 3. The predicted octanol–water partition coefficient (Wildman–Crippen LogP) is 1.83. The Labute approximate surface area is 76.6 Å². The minimum absolute atomic E-state index is 0.0862. The zero-order valence-corrected chi connectivity index (χ0v) is 8.66. The fourth-order valence-electron chi connectivity index (χ4n) is 0.648. The van der Waals surface area contributed by atoms with Crippen molar-refractivity contribution in [3.63, 3.8) is 0 Å². The van der Waals surface area contributed by atoms with Gasteiger partial charge in [-0.25, -0.2) is 4.98 Å². The third kappa shape index (κ3) is 3.57. The fourth-order valence-corrected chi connectivity index (χ4v) is 1.09. The number of nitrogens with one attached hydrogen (secondary N) is 1. The van der Waals surface area contributed by atoms with Crippen molar-refractivity contribution >= 4 is 11.8 Å². The first-order valence-corrected chi connectivity index (χ1v) is 5.07. The van der Waals surface area contributed by atoms with Crippen LogP contribution in [0.25, 0.3) is 0 Å². The summed E-state index contributed by atoms with van der Waals surface area (Å²) in [5.41, 5.74) is 0.671. The van der Waals surface area contributed by atoms with Crippen LogP contribution < -0.4 is 5.56 Å². The van der Waals surface area contributed by atoms with Gasteiger partial charge in [0.2, 0.25) is 0 Å². The number of aromatic nitrogens is 2. The van der Waals surface area contributed by atoms with Gasteiger partial charge in [0.15, 0.2) is 5.16 Å². The Balaban J connectivity index is 0.000000561. The average molecular weight is 186 g/mol. The molecule has 68 valence electrons. The molecule has 12 heavy (non-hydrogen) atoms. The van der Waals surface area contributed by atoms with E-state index in [0.29, 0.717) is 5.16 Å². The highest BCUT2D eigenvalue weighted by molar-refractivity contribution is 7.98. The first-order valence-electron chi connectivity index (χ1n) is 3.84. The van der Waals surface area contributed by atoms with E-state index in [-0.39, 0.29) is 5.56 Å². The number of aromatic amines is 1. The summed E-state index contributed by atoms with van der Waals surface area (Å²) in [4.78, 5) is 17.4. The molecular formula is C8H14N2OS. The molecule has 0 saturated carbocycles. The molecular weight excluding hydrogens is 172 g/mol. The normalized spacial score (nSPS) is 8.67. The van der Waals surface area contributed by atoms with Crippen LogP contribution in [0.1, 0.15) is 19.5 Å². The van der Waals surface area contributed by atoms with Crippen molar-refractivity contribution in [3.8, 4) is 0 Å². The van der Waals surface area contributed by atoms with Crippen molar-refractivity contribution in [3.05, 3.63) is 22.1 Å². The molecule has 1 aromatic rings. The second-order valence-corrected chi connectivity index (χ2v) is 2.69. The van der Waals surface area contributed by atoms with E-state index in [2.05, 4.69) is 9.97 Å². The lowest BCUT2D eigenvalue weighted by Gasteiger charge is -1.94. The monoisotopic (exact) mass is 186 g/mol. The lowest BCUT2D eigenvalue weighted by atomic mass is 10.5. The third-order valence-electron chi connectivity index (χ3n) is 1.04. The highest BCUT2D eigenvalue weighted by Crippen LogP contribution is 2.04. The van der Waals surface area contributed by atoms with Gasteiger partial charge in [-0.1, -0.05) is 25.6 Å². The van der Waals surface area contributed by atoms with E-state index in [9.17, 15) is 4.79 Å². The van der Waals surface area contributed by atoms with Crippen molar-refractivity contribution < 1.29 is 0 Å². The quantitative estimate of drug-likeness (QED) is 0.537. The number of rotatable bonds is 1. The molecule has 0 aliphatic heterocycles. The Morgan fingerprint density at radius 2 is 2.08 bits per heavy atom. The highest BCUT2D eigenvalue weighted by Gasteiger charge is 1.93. The minimum atomic E-state index is -0.0862. The van der Waals surface area contributed by atoms with Gasteiger partial charge in [0.05, 0.1) is 0 Å². The molecule has 3 nitrogen and oxygen atoms in total. The van der Waals surface area contributed by atoms with Crippen molar-refractivity contribution in [2.45, 2.75) is 25.9 Å². The average Bonchev–Trinajstić information content (AvgIpc) is 2.06. The highest BCUT2D eigenvalue weighted by atomic mass is 32.2. The third-order valence-corrected chi connectivity index (χ3v) is 1.62. The van der Waals surface area contributed by atoms with Gasteiger partial charge in [0, 0.05) is 11.8 Å². The SMILES string of the molecule is CC.CSc1nc(C)cc(=O)[nH]1. The number of nitrogens with zero attached hydrogens (tertiary/aromatic N) is 1. The molecule has 0 aliphatic rings. The fraction of sp³-hybridized carbons (Fsp3) is 0.500. The van der Waals surface area contributed by atoms with E-state index in [0.717, 1.165) is 5.69 Å². The number of thioether (sulfide) groups is 1. The number of aryl methyl sites for hydroxylation is 1. The van der Waals surface area contributed by atoms with Crippen LogP contribution in [0.15, 0.2) is 16.0 Å². The van der Waals surface area contributed by atoms with Crippen LogP contribution in [0.5, 0.6) is 0 Å². The molecule has 0 spiro atoms. The van der Waals surface area contributed by atoms with Crippen molar-refractivity contribution in [2.24, 2.45) is 0 Å². The van der Waals surface area contributed by atoms with E-state index in [4.69, 9.17) is 0 Å². The first-order chi connectivity index (χ1) is 5.72. The first kappa shape index (κ1) is 11.2. The second-order valence-electron chi connectivity index (χ2n) is 1.90. The summed E-state index contributed by atoms with van der Waals surface area (Å²) >= 11 is 1.43. The Morgan fingerprint density at radius 1 is 1.50 bits per heavy atom. The van der Waals surface area contributed by atoms with Gasteiger partial charge in [0.1, 0.15) is 0 Å². The molecule has 1 N–H and O–H groups in total. The summed E-state index contributed by atoms with van der Waals surface area (Å²) in [5.74, 6) is 0. The topological polar surface area (TPSA) is 45.8 Å². The van der Waals surface area contributed by atoms with Crippen molar-refractivity contribution in [1.82, 2.24) is 9.97 Å². The zero-order valence-electron chi connectivity index (χ0n) is 7.84. The molecule has 0 amide bonds. The standard InChI is InChI=1S/C6H8N2OS.C2H6/c1-4-3-5(9)8-6(7-4)10-2;1-2/h3H,1-2H3,(H,7,8,9);1-2H3. The molecule has 1 heterocycles. The summed E-state index contributed by atoms with van der Waals surface area (Å²) in [6.45, 7) is 5.80. The Kier molecular flexibility index (Phi) is 5.45. The molecule has 0 unspecified atom stereocenters. The van der Waals surface area contributed by atoms with Crippen LogP contribution in [-0.4, -0.2) is 16.2 Å². The van der Waals surface area contributed by atoms with Crippen LogP contribution in [0.3, 0.4) is 0 Å². The molecule has 4 heteroatoms. The van der Waals surface area contributed by atoms with E-state index in [1.54, 1.807) is 6.92 Å². The van der Waals surface area contributed by atoms with Gasteiger partial charge in [-0.15, -0.1) is 0 Å². The molecule has 0 atom stereocenters. The molecule has 0 aromatic carbocycles. The van der Waals surface area contributed by atoms with Gasteiger partial charge >= 0.3 is 0 Å². The molecule has 0 bridgehead atoms. The van der Waals surface area contributed by atoms with Crippen LogP contribution in [-0.2, 0) is 0 Å². The maximum Gasteiger partial charge on any atom is 0.251 e. The van der Waals surface area contributed by atoms with Crippen molar-refractivity contribution in [2.75, 3.05) is 6.26 Å². The Bertz CT molecular complexity index is 283. The van der Waals surface area contributed by atoms with Crippen molar-refractivity contribution in [1.29, 1.82) is 0 Å². The lowest BCUT2D eigenvalue weighted by molar-refractivity contribution is 0.908. The molecule has 0 aliphatic carbocycles. The molecule has 0 radical (unpaired) electrons. The molecule has 0 fully saturated rings. The van der Waals surface area contributed by atoms with E-state index < -0.39 is 0 Å². The van der Waals surface area contributed by atoms with Gasteiger partial charge in [-0.3, -0.25) is 4.79 Å². The summed E-state index contributed by atoms with van der Waals surface area (Å²) < 4.78 is 0. The summed E-state index contributed by atoms with van der Waals surface area (Å²) in [7, 11) is 0. The summed E-state index contributed by atoms with van der Waals surface area (Å²) in [6.07, 6.45) is 1.87. The zero-order chi connectivity index (χ0) is 9.56.